The molecule has 2 aromatic heterocycles. The lowest BCUT2D eigenvalue weighted by Crippen LogP contribution is -2.50. The molecular weight excluding hydrogens is 775 g/mol. The van der Waals surface area contributed by atoms with E-state index in [9.17, 15) is 19.8 Å². The van der Waals surface area contributed by atoms with Crippen molar-refractivity contribution < 1.29 is 24.6 Å². The highest BCUT2D eigenvalue weighted by atomic mass is 35.5. The van der Waals surface area contributed by atoms with Crippen LogP contribution in [0.25, 0.3) is 0 Å². The van der Waals surface area contributed by atoms with E-state index in [4.69, 9.17) is 23.2 Å². The molecule has 4 N–H and O–H groups in total. The lowest BCUT2D eigenvalue weighted by atomic mass is 9.90. The molecule has 0 radical (unpaired) electrons. The van der Waals surface area contributed by atoms with Crippen LogP contribution in [-0.2, 0) is 25.9 Å². The van der Waals surface area contributed by atoms with Gasteiger partial charge in [-0.25, -0.2) is 14.8 Å². The van der Waals surface area contributed by atoms with E-state index in [-0.39, 0.29) is 25.9 Å². The van der Waals surface area contributed by atoms with Gasteiger partial charge in [-0.3, -0.25) is 9.59 Å². The van der Waals surface area contributed by atoms with Crippen molar-refractivity contribution in [3.63, 3.8) is 0 Å². The zero-order valence-corrected chi connectivity index (χ0v) is 32.7. The van der Waals surface area contributed by atoms with E-state index >= 15 is 4.79 Å². The predicted octanol–water partition coefficient (Wildman–Crippen LogP) is 7.67. The minimum absolute atomic E-state index is 0.00548. The van der Waals surface area contributed by atoms with Gasteiger partial charge in [0.2, 0.25) is 0 Å². The van der Waals surface area contributed by atoms with E-state index in [1.807, 2.05) is 60.7 Å². The Kier molecular flexibility index (Phi) is 12.7. The Morgan fingerprint density at radius 1 is 0.552 bits per heavy atom. The Morgan fingerprint density at radius 2 is 0.948 bits per heavy atom. The molecule has 0 unspecified atom stereocenters. The highest BCUT2D eigenvalue weighted by Crippen LogP contribution is 2.30. The fraction of sp³-hybridized carbons (Fsp3) is 0.178. The predicted molar refractivity (Wildman–Crippen MR) is 224 cm³/mol. The molecule has 1 aliphatic heterocycles. The third-order valence-corrected chi connectivity index (χ3v) is 10.5. The van der Waals surface area contributed by atoms with Crippen molar-refractivity contribution in [1.29, 1.82) is 0 Å². The van der Waals surface area contributed by atoms with Crippen molar-refractivity contribution in [2.75, 3.05) is 10.6 Å². The number of carbonyl (C=O) groups excluding carboxylic acids is 3. The van der Waals surface area contributed by atoms with Crippen LogP contribution < -0.4 is 10.6 Å². The summed E-state index contributed by atoms with van der Waals surface area (Å²) in [6.45, 7) is 0.0110. The van der Waals surface area contributed by atoms with Crippen LogP contribution in [0.3, 0.4) is 0 Å². The fourth-order valence-electron chi connectivity index (χ4n) is 7.11. The zero-order chi connectivity index (χ0) is 40.6. The van der Waals surface area contributed by atoms with Gasteiger partial charge >= 0.3 is 6.03 Å². The van der Waals surface area contributed by atoms with Gasteiger partial charge in [-0.2, -0.15) is 0 Å². The van der Waals surface area contributed by atoms with Crippen molar-refractivity contribution in [3.8, 4) is 0 Å². The number of hydrogen-bond donors (Lipinski definition) is 4. The number of aliphatic hydroxyl groups is 2. The van der Waals surface area contributed by atoms with Crippen LogP contribution in [0, 0.1) is 0 Å². The van der Waals surface area contributed by atoms with Gasteiger partial charge in [-0.1, -0.05) is 108 Å². The van der Waals surface area contributed by atoms with E-state index in [2.05, 4.69) is 20.6 Å². The Balaban J connectivity index is 1.24. The number of aliphatic hydroxyl groups excluding tert-OH is 2. The lowest BCUT2D eigenvalue weighted by molar-refractivity contribution is -0.0408. The number of benzene rings is 4. The Bertz CT molecular complexity index is 2190. The minimum atomic E-state index is -1.37. The van der Waals surface area contributed by atoms with Crippen LogP contribution in [0.5, 0.6) is 0 Å². The summed E-state index contributed by atoms with van der Waals surface area (Å²) in [7, 11) is 0. The minimum Gasteiger partial charge on any atom is -0.388 e. The van der Waals surface area contributed by atoms with E-state index in [0.29, 0.717) is 43.9 Å². The number of urea groups is 1. The molecule has 3 heterocycles. The SMILES string of the molecule is O=C(Nc1ccc(Cl)cn1)c1cccc(CN2C(=O)N(Cc3cccc(C(=O)Nc4ccc(Cl)cn4)c3)[C@H](Cc3ccccc3)[C@H](O)[C@@H](O)[C@H]2Cc2ccccc2)c1. The van der Waals surface area contributed by atoms with Crippen LogP contribution >= 0.6 is 23.2 Å². The molecule has 6 aromatic rings. The summed E-state index contributed by atoms with van der Waals surface area (Å²) in [4.78, 5) is 53.4. The molecule has 1 fully saturated rings. The third kappa shape index (κ3) is 9.88. The molecular formula is C45H40Cl2N6O5. The highest BCUT2D eigenvalue weighted by Gasteiger charge is 2.46. The molecule has 11 nitrogen and oxygen atoms in total. The molecule has 58 heavy (non-hydrogen) atoms. The zero-order valence-electron chi connectivity index (χ0n) is 31.2. The van der Waals surface area contributed by atoms with E-state index in [0.717, 1.165) is 11.1 Å². The second-order valence-corrected chi connectivity index (χ2v) is 14.9. The van der Waals surface area contributed by atoms with E-state index in [1.54, 1.807) is 82.6 Å². The van der Waals surface area contributed by atoms with Gasteiger partial charge in [0, 0.05) is 36.6 Å². The van der Waals surface area contributed by atoms with Crippen molar-refractivity contribution in [2.24, 2.45) is 0 Å². The molecule has 0 bridgehead atoms. The third-order valence-electron chi connectivity index (χ3n) is 10.0. The molecule has 4 aromatic carbocycles. The van der Waals surface area contributed by atoms with Gasteiger partial charge in [0.1, 0.15) is 23.8 Å². The molecule has 13 heteroatoms. The number of rotatable bonds is 12. The molecule has 4 atom stereocenters. The number of halogens is 2. The average molecular weight is 816 g/mol. The van der Waals surface area contributed by atoms with Crippen molar-refractivity contribution in [2.45, 2.75) is 50.2 Å². The second-order valence-electron chi connectivity index (χ2n) is 14.1. The molecule has 0 spiro atoms. The maximum absolute atomic E-state index is 15.3. The summed E-state index contributed by atoms with van der Waals surface area (Å²) in [5, 5.41) is 30.7. The van der Waals surface area contributed by atoms with E-state index in [1.165, 1.54) is 12.4 Å². The molecule has 0 saturated carbocycles. The first-order valence-electron chi connectivity index (χ1n) is 18.7. The maximum atomic E-state index is 15.3. The number of nitrogens with one attached hydrogen (secondary N) is 2. The number of pyridine rings is 2. The van der Waals surface area contributed by atoms with Crippen LogP contribution in [0.4, 0.5) is 16.4 Å². The number of aromatic nitrogens is 2. The molecule has 294 valence electrons. The van der Waals surface area contributed by atoms with Gasteiger partial charge in [0.05, 0.1) is 22.1 Å². The summed E-state index contributed by atoms with van der Waals surface area (Å²) < 4.78 is 0. The molecule has 4 amide bonds. The highest BCUT2D eigenvalue weighted by molar-refractivity contribution is 6.30. The van der Waals surface area contributed by atoms with Crippen LogP contribution in [0.15, 0.2) is 146 Å². The topological polar surface area (TPSA) is 148 Å². The first kappa shape index (κ1) is 40.1. The Hall–Kier alpha value is -6.11. The average Bonchev–Trinajstić information content (AvgIpc) is 3.30. The van der Waals surface area contributed by atoms with Gasteiger partial charge < -0.3 is 30.6 Å². The van der Waals surface area contributed by atoms with Crippen LogP contribution in [0.1, 0.15) is 43.0 Å². The largest absolute Gasteiger partial charge is 0.388 e. The normalized spacial score (nSPS) is 18.0. The van der Waals surface area contributed by atoms with Crippen molar-refractivity contribution in [3.05, 3.63) is 189 Å². The molecule has 1 aliphatic rings. The number of nitrogens with zero attached hydrogens (tertiary/aromatic N) is 4. The molecule has 7 rings (SSSR count). The van der Waals surface area contributed by atoms with Gasteiger partial charge in [0.15, 0.2) is 0 Å². The Morgan fingerprint density at radius 3 is 1.33 bits per heavy atom. The molecule has 1 saturated heterocycles. The maximum Gasteiger partial charge on any atom is 0.321 e. The second kappa shape index (κ2) is 18.4. The molecule has 0 aliphatic carbocycles. The summed E-state index contributed by atoms with van der Waals surface area (Å²) >= 11 is 11.9. The van der Waals surface area contributed by atoms with E-state index < -0.39 is 42.1 Å². The quantitative estimate of drug-likeness (QED) is 0.0992. The summed E-state index contributed by atoms with van der Waals surface area (Å²) in [6, 6.07) is 37.0. The van der Waals surface area contributed by atoms with Crippen LogP contribution in [-0.4, -0.2) is 72.1 Å². The van der Waals surface area contributed by atoms with Gasteiger partial charge in [0.25, 0.3) is 11.8 Å². The number of carbonyl (C=O) groups is 3. The van der Waals surface area contributed by atoms with Crippen molar-refractivity contribution in [1.82, 2.24) is 19.8 Å². The van der Waals surface area contributed by atoms with Gasteiger partial charge in [-0.05, 0) is 83.6 Å². The standard InChI is InChI=1S/C45H40Cl2N6O5/c46-35-17-19-39(48-25-35)50-43(56)33-15-7-13-31(21-33)27-52-37(23-29-9-3-1-4-10-29)41(54)42(55)38(24-30-11-5-2-6-12-30)53(45(52)58)28-32-14-8-16-34(22-32)44(57)51-40-20-18-36(47)26-49-40/h1-22,25-26,37-38,41-42,54-55H,23-24,27-28H2,(H,48,50,56)(H,49,51,57)/t37-,38-,41+,42+/m1/s1. The number of amides is 4. The first-order valence-corrected chi connectivity index (χ1v) is 19.4. The fourth-order valence-corrected chi connectivity index (χ4v) is 7.33. The summed E-state index contributed by atoms with van der Waals surface area (Å²) in [5.41, 5.74) is 3.64. The first-order chi connectivity index (χ1) is 28.1. The van der Waals surface area contributed by atoms with Gasteiger partial charge in [-0.15, -0.1) is 0 Å². The summed E-state index contributed by atoms with van der Waals surface area (Å²) in [6.07, 6.45) is 0.627. The van der Waals surface area contributed by atoms with Crippen molar-refractivity contribution >= 4 is 52.7 Å². The number of hydrogen-bond acceptors (Lipinski definition) is 7. The monoisotopic (exact) mass is 814 g/mol. The van der Waals surface area contributed by atoms with Crippen LogP contribution in [0.2, 0.25) is 10.0 Å². The Labute approximate surface area is 345 Å². The lowest BCUT2D eigenvalue weighted by Gasteiger charge is -2.36. The number of anilines is 2. The summed E-state index contributed by atoms with van der Waals surface area (Å²) in [5.74, 6) is -0.164. The smallest absolute Gasteiger partial charge is 0.321 e.